The van der Waals surface area contributed by atoms with Crippen LogP contribution in [0.5, 0.6) is 0 Å². The van der Waals surface area contributed by atoms with Gasteiger partial charge in [-0.3, -0.25) is 5.43 Å². The highest BCUT2D eigenvalue weighted by Crippen LogP contribution is 2.28. The first kappa shape index (κ1) is 16.5. The second-order valence-corrected chi connectivity index (χ2v) is 5.25. The smallest absolute Gasteiger partial charge is 0.337 e. The van der Waals surface area contributed by atoms with E-state index in [-0.39, 0.29) is 10.2 Å². The summed E-state index contributed by atoms with van der Waals surface area (Å²) in [4.78, 5) is 15.3. The van der Waals surface area contributed by atoms with Crippen LogP contribution in [-0.2, 0) is 4.74 Å². The number of ether oxygens (including phenoxy) is 1. The van der Waals surface area contributed by atoms with E-state index in [1.807, 2.05) is 0 Å². The van der Waals surface area contributed by atoms with Gasteiger partial charge < -0.3 is 4.74 Å². The number of methoxy groups -OCH3 is 1. The minimum atomic E-state index is -0.395. The number of pyridine rings is 1. The van der Waals surface area contributed by atoms with Crippen molar-refractivity contribution in [3.05, 3.63) is 56.7 Å². The van der Waals surface area contributed by atoms with E-state index < -0.39 is 5.97 Å². The average Bonchev–Trinajstić information content (AvgIpc) is 2.52. The Labute approximate surface area is 141 Å². The minimum Gasteiger partial charge on any atom is -0.465 e. The summed E-state index contributed by atoms with van der Waals surface area (Å²) < 4.78 is 4.62. The summed E-state index contributed by atoms with van der Waals surface area (Å²) in [7, 11) is 1.33. The number of carbonyl (C=O) groups excluding carboxylic acids is 1. The fourth-order valence-electron chi connectivity index (χ4n) is 1.51. The number of hydrogen-bond donors (Lipinski definition) is 1. The molecule has 0 atom stereocenters. The number of halogens is 3. The standard InChI is InChI=1S/C14H10Cl3N3O2/c1-22-14(21)9-4-2-8(3-5-9)7-18-20-13-11(16)6-10(15)12(17)19-13/h2-7H,1H3,(H,19,20)/b18-7-. The Bertz CT molecular complexity index is 718. The zero-order valence-electron chi connectivity index (χ0n) is 11.3. The normalized spacial score (nSPS) is 10.7. The van der Waals surface area contributed by atoms with Gasteiger partial charge in [-0.1, -0.05) is 46.9 Å². The predicted molar refractivity (Wildman–Crippen MR) is 88.3 cm³/mol. The van der Waals surface area contributed by atoms with E-state index in [2.05, 4.69) is 20.2 Å². The van der Waals surface area contributed by atoms with Gasteiger partial charge in [0.1, 0.15) is 5.15 Å². The molecule has 114 valence electrons. The van der Waals surface area contributed by atoms with Gasteiger partial charge >= 0.3 is 5.97 Å². The average molecular weight is 359 g/mol. The van der Waals surface area contributed by atoms with Gasteiger partial charge in [-0.05, 0) is 23.8 Å². The van der Waals surface area contributed by atoms with Crippen molar-refractivity contribution >= 4 is 52.8 Å². The van der Waals surface area contributed by atoms with Crippen molar-refractivity contribution in [2.24, 2.45) is 5.10 Å². The van der Waals surface area contributed by atoms with Crippen LogP contribution in [0.25, 0.3) is 0 Å². The Morgan fingerprint density at radius 2 is 1.91 bits per heavy atom. The number of hydrogen-bond acceptors (Lipinski definition) is 5. The van der Waals surface area contributed by atoms with Crippen LogP contribution in [0.15, 0.2) is 35.4 Å². The summed E-state index contributed by atoms with van der Waals surface area (Å²) >= 11 is 17.6. The fraction of sp³-hybridized carbons (Fsp3) is 0.0714. The van der Waals surface area contributed by atoms with Gasteiger partial charge in [-0.15, -0.1) is 0 Å². The molecule has 0 fully saturated rings. The number of esters is 1. The van der Waals surface area contributed by atoms with Crippen LogP contribution >= 0.6 is 34.8 Å². The Hall–Kier alpha value is -1.82. The second kappa shape index (κ2) is 7.45. The van der Waals surface area contributed by atoms with Crippen molar-refractivity contribution in [3.8, 4) is 0 Å². The third-order valence-electron chi connectivity index (χ3n) is 2.60. The number of nitrogens with zero attached hydrogens (tertiary/aromatic N) is 2. The van der Waals surface area contributed by atoms with Crippen LogP contribution in [0.3, 0.4) is 0 Å². The molecule has 2 aromatic rings. The van der Waals surface area contributed by atoms with Gasteiger partial charge in [0.2, 0.25) is 0 Å². The van der Waals surface area contributed by atoms with Crippen molar-refractivity contribution in [2.45, 2.75) is 0 Å². The monoisotopic (exact) mass is 357 g/mol. The van der Waals surface area contributed by atoms with E-state index in [9.17, 15) is 4.79 Å². The molecule has 22 heavy (non-hydrogen) atoms. The van der Waals surface area contributed by atoms with Crippen molar-refractivity contribution in [3.63, 3.8) is 0 Å². The molecular formula is C14H10Cl3N3O2. The number of carbonyl (C=O) groups is 1. The first-order valence-corrected chi connectivity index (χ1v) is 7.13. The van der Waals surface area contributed by atoms with Crippen molar-refractivity contribution < 1.29 is 9.53 Å². The maximum atomic E-state index is 11.3. The lowest BCUT2D eigenvalue weighted by molar-refractivity contribution is 0.0601. The van der Waals surface area contributed by atoms with E-state index in [0.29, 0.717) is 16.4 Å². The number of benzene rings is 1. The molecule has 0 amide bonds. The zero-order valence-corrected chi connectivity index (χ0v) is 13.6. The highest BCUT2D eigenvalue weighted by atomic mass is 35.5. The topological polar surface area (TPSA) is 63.6 Å². The molecule has 0 radical (unpaired) electrons. The molecule has 0 aliphatic rings. The number of nitrogens with one attached hydrogen (secondary N) is 1. The largest absolute Gasteiger partial charge is 0.465 e. The fourth-order valence-corrected chi connectivity index (χ4v) is 2.05. The molecule has 0 saturated heterocycles. The molecule has 5 nitrogen and oxygen atoms in total. The molecule has 1 aromatic heterocycles. The predicted octanol–water partition coefficient (Wildman–Crippen LogP) is 4.27. The van der Waals surface area contributed by atoms with E-state index in [1.165, 1.54) is 13.2 Å². The Morgan fingerprint density at radius 3 is 2.55 bits per heavy atom. The third kappa shape index (κ3) is 4.10. The first-order chi connectivity index (χ1) is 10.5. The van der Waals surface area contributed by atoms with Crippen molar-refractivity contribution in [1.29, 1.82) is 0 Å². The zero-order chi connectivity index (χ0) is 16.1. The molecule has 0 unspecified atom stereocenters. The molecule has 1 aromatic carbocycles. The van der Waals surface area contributed by atoms with E-state index in [0.717, 1.165) is 5.56 Å². The van der Waals surface area contributed by atoms with Crippen LogP contribution in [0, 0.1) is 0 Å². The van der Waals surface area contributed by atoms with Gasteiger partial charge in [0, 0.05) is 0 Å². The number of rotatable bonds is 4. The number of hydrazone groups is 1. The quantitative estimate of drug-likeness (QED) is 0.383. The highest BCUT2D eigenvalue weighted by molar-refractivity contribution is 6.42. The van der Waals surface area contributed by atoms with Gasteiger partial charge in [0.25, 0.3) is 0 Å². The van der Waals surface area contributed by atoms with Crippen molar-refractivity contribution in [1.82, 2.24) is 4.98 Å². The van der Waals surface area contributed by atoms with Crippen LogP contribution in [0.2, 0.25) is 15.2 Å². The van der Waals surface area contributed by atoms with Gasteiger partial charge in [-0.2, -0.15) is 5.10 Å². The number of anilines is 1. The van der Waals surface area contributed by atoms with E-state index in [1.54, 1.807) is 30.5 Å². The molecular weight excluding hydrogens is 349 g/mol. The Balaban J connectivity index is 2.07. The minimum absolute atomic E-state index is 0.131. The summed E-state index contributed by atoms with van der Waals surface area (Å²) in [6.07, 6.45) is 1.54. The van der Waals surface area contributed by atoms with Gasteiger partial charge in [0.15, 0.2) is 5.82 Å². The maximum Gasteiger partial charge on any atom is 0.337 e. The van der Waals surface area contributed by atoms with Crippen LogP contribution in [0.4, 0.5) is 5.82 Å². The summed E-state index contributed by atoms with van der Waals surface area (Å²) in [6, 6.07) is 8.19. The van der Waals surface area contributed by atoms with Crippen LogP contribution in [-0.4, -0.2) is 24.3 Å². The second-order valence-electron chi connectivity index (χ2n) is 4.08. The lowest BCUT2D eigenvalue weighted by atomic mass is 10.1. The molecule has 8 heteroatoms. The molecule has 0 spiro atoms. The maximum absolute atomic E-state index is 11.3. The molecule has 1 heterocycles. The first-order valence-electron chi connectivity index (χ1n) is 6.00. The van der Waals surface area contributed by atoms with E-state index in [4.69, 9.17) is 34.8 Å². The van der Waals surface area contributed by atoms with E-state index >= 15 is 0 Å². The third-order valence-corrected chi connectivity index (χ3v) is 3.56. The van der Waals surface area contributed by atoms with Crippen molar-refractivity contribution in [2.75, 3.05) is 12.5 Å². The van der Waals surface area contributed by atoms with Crippen LogP contribution in [0.1, 0.15) is 15.9 Å². The molecule has 0 saturated carbocycles. The molecule has 0 aliphatic heterocycles. The SMILES string of the molecule is COC(=O)c1ccc(/C=N\Nc2nc(Cl)c(Cl)cc2Cl)cc1. The van der Waals surface area contributed by atoms with Crippen LogP contribution < -0.4 is 5.43 Å². The molecule has 1 N–H and O–H groups in total. The molecule has 2 rings (SSSR count). The lowest BCUT2D eigenvalue weighted by Crippen LogP contribution is -2.01. The summed E-state index contributed by atoms with van der Waals surface area (Å²) in [6.45, 7) is 0. The molecule has 0 bridgehead atoms. The summed E-state index contributed by atoms with van der Waals surface area (Å²) in [5.74, 6) is -0.105. The Kier molecular flexibility index (Phi) is 5.60. The molecule has 0 aliphatic carbocycles. The highest BCUT2D eigenvalue weighted by Gasteiger charge is 2.07. The van der Waals surface area contributed by atoms with Gasteiger partial charge in [0.05, 0.1) is 28.9 Å². The summed E-state index contributed by atoms with van der Waals surface area (Å²) in [5.41, 5.74) is 3.90. The van der Waals surface area contributed by atoms with Gasteiger partial charge in [-0.25, -0.2) is 9.78 Å². The Morgan fingerprint density at radius 1 is 1.23 bits per heavy atom. The summed E-state index contributed by atoms with van der Waals surface area (Å²) in [5, 5.41) is 4.69. The lowest BCUT2D eigenvalue weighted by Gasteiger charge is -2.04. The number of aromatic nitrogens is 1.